The van der Waals surface area contributed by atoms with E-state index in [0.29, 0.717) is 18.0 Å². The molecule has 0 bridgehead atoms. The number of pyridine rings is 2. The minimum Gasteiger partial charge on any atom is -0.368 e. The van der Waals surface area contributed by atoms with Gasteiger partial charge in [-0.15, -0.1) is 0 Å². The first-order valence-corrected chi connectivity index (χ1v) is 22.2. The highest BCUT2D eigenvalue weighted by Crippen LogP contribution is 2.32. The molecule has 2 aromatic carbocycles. The molecule has 0 unspecified atom stereocenters. The lowest BCUT2D eigenvalue weighted by atomic mass is 9.97. The van der Waals surface area contributed by atoms with Crippen LogP contribution in [0.3, 0.4) is 0 Å². The van der Waals surface area contributed by atoms with Crippen molar-refractivity contribution in [3.05, 3.63) is 107 Å². The number of rotatable bonds is 10. The number of nitrogens with one attached hydrogen (secondary N) is 3. The van der Waals surface area contributed by atoms with Crippen LogP contribution in [0.2, 0.25) is 6.04 Å². The largest absolute Gasteiger partial charge is 0.368 e. The van der Waals surface area contributed by atoms with E-state index < -0.39 is 15.4 Å². The van der Waals surface area contributed by atoms with Crippen molar-refractivity contribution in [2.45, 2.75) is 70.5 Å². The normalized spacial score (nSPS) is 17.6. The summed E-state index contributed by atoms with van der Waals surface area (Å²) in [6, 6.07) is 21.4. The Morgan fingerprint density at radius 3 is 2.49 bits per heavy atom. The van der Waals surface area contributed by atoms with Crippen molar-refractivity contribution >= 4 is 44.0 Å². The molecule has 2 aliphatic heterocycles. The molecule has 2 fully saturated rings. The number of anilines is 1. The number of fused-ring (bicyclic) bond motifs is 1. The third-order valence-electron chi connectivity index (χ3n) is 11.4. The first kappa shape index (κ1) is 39.7. The lowest BCUT2D eigenvalue weighted by molar-refractivity contribution is -0.129. The highest BCUT2D eigenvalue weighted by Gasteiger charge is 2.27. The van der Waals surface area contributed by atoms with Crippen molar-refractivity contribution in [2.75, 3.05) is 37.6 Å². The predicted octanol–water partition coefficient (Wildman–Crippen LogP) is 5.21. The summed E-state index contributed by atoms with van der Waals surface area (Å²) in [5, 5.41) is 18.0. The second kappa shape index (κ2) is 16.7. The van der Waals surface area contributed by atoms with Crippen molar-refractivity contribution in [2.24, 2.45) is 0 Å². The number of aryl methyl sites for hydroxylation is 1. The number of hydrogen-bond acceptors (Lipinski definition) is 11. The zero-order valence-electron chi connectivity index (χ0n) is 34.2. The van der Waals surface area contributed by atoms with Crippen LogP contribution >= 0.6 is 0 Å². The number of hydrogen-bond donors (Lipinski definition) is 3. The lowest BCUT2D eigenvalue weighted by Crippen LogP contribution is -2.47. The van der Waals surface area contributed by atoms with Gasteiger partial charge in [0.05, 0.1) is 29.2 Å². The van der Waals surface area contributed by atoms with E-state index in [9.17, 15) is 14.4 Å². The third kappa shape index (κ3) is 8.86. The number of benzene rings is 2. The third-order valence-corrected chi connectivity index (χ3v) is 13.6. The quantitative estimate of drug-likeness (QED) is 0.123. The Kier molecular flexibility index (Phi) is 11.2. The van der Waals surface area contributed by atoms with Crippen LogP contribution in [0.25, 0.3) is 33.5 Å². The maximum atomic E-state index is 12.9. The van der Waals surface area contributed by atoms with Crippen LogP contribution in [0, 0.1) is 6.92 Å². The van der Waals surface area contributed by atoms with Gasteiger partial charge in [-0.25, -0.2) is 4.98 Å². The summed E-state index contributed by atoms with van der Waals surface area (Å²) < 4.78 is 5.31. The molecule has 4 aromatic heterocycles. The highest BCUT2D eigenvalue weighted by molar-refractivity contribution is 6.46. The molecule has 2 saturated heterocycles. The van der Waals surface area contributed by atoms with E-state index in [1.165, 1.54) is 5.56 Å². The molecule has 6 heterocycles. The lowest BCUT2D eigenvalue weighted by Gasteiger charge is -2.36. The number of aromatic amines is 1. The fraction of sp³-hybridized carbons (Fsp3) is 0.364. The molecular formula is C44H50N10O4Si. The molecule has 3 amide bonds. The number of piperazine rings is 1. The molecule has 2 aliphatic rings. The SMILES string of the molecule is Cc1cc(-c2n[nH]c3ncc(-c4ccc(N5CCN(CCc6ccc([C@@H]7[SiH2]CCC(=O)NC7=O)cc6)CC5)cn4)cc23)ccc1[C@@H](C)NC(=O)c1noc(C(C)(C)C)n1. The Hall–Kier alpha value is -6.06. The molecule has 3 N–H and O–H groups in total. The van der Waals surface area contributed by atoms with Gasteiger partial charge in [0.2, 0.25) is 17.7 Å². The number of carbonyl (C=O) groups is 3. The smallest absolute Gasteiger partial charge is 0.293 e. The number of H-pyrrole nitrogens is 1. The number of imide groups is 1. The standard InChI is InChI=1S/C44H50N10O4Si/c1-26-22-30(10-12-33(26)27(2)47-42(57)40-49-43(58-52-40)44(3,4)5)37-34-23-31(24-46-39(34)51-50-37)35-13-11-32(25-45-35)54-19-17-53(18-20-54)16-14-28-6-8-29(9-7-28)38-41(56)48-36(55)15-21-59-38/h6-13,22-25,27,38H,14-21,59H2,1-5H3,(H,47,57)(H,46,50,51)(H,48,55,56)/t27-,38+/m1/s1. The van der Waals surface area contributed by atoms with E-state index >= 15 is 0 Å². The van der Waals surface area contributed by atoms with Crippen LogP contribution in [-0.4, -0.2) is 95.2 Å². The van der Waals surface area contributed by atoms with Gasteiger partial charge in [-0.2, -0.15) is 10.1 Å². The van der Waals surface area contributed by atoms with Crippen LogP contribution in [-0.2, 0) is 21.4 Å². The van der Waals surface area contributed by atoms with Gasteiger partial charge in [-0.05, 0) is 66.8 Å². The van der Waals surface area contributed by atoms with Gasteiger partial charge in [0.25, 0.3) is 11.7 Å². The minimum absolute atomic E-state index is 0.0167. The summed E-state index contributed by atoms with van der Waals surface area (Å²) in [7, 11) is -0.673. The first-order chi connectivity index (χ1) is 28.4. The second-order valence-corrected chi connectivity index (χ2v) is 18.8. The number of aromatic nitrogens is 6. The van der Waals surface area contributed by atoms with Gasteiger partial charge in [-0.1, -0.05) is 68.4 Å². The van der Waals surface area contributed by atoms with Gasteiger partial charge in [0, 0.05) is 76.8 Å². The Labute approximate surface area is 345 Å². The van der Waals surface area contributed by atoms with Crippen molar-refractivity contribution in [1.29, 1.82) is 0 Å². The zero-order chi connectivity index (χ0) is 41.3. The van der Waals surface area contributed by atoms with Crippen LogP contribution in [0.1, 0.15) is 84.5 Å². The van der Waals surface area contributed by atoms with E-state index in [0.717, 1.165) is 95.5 Å². The Morgan fingerprint density at radius 1 is 0.983 bits per heavy atom. The molecule has 6 aromatic rings. The van der Waals surface area contributed by atoms with Gasteiger partial charge in [0.1, 0.15) is 5.69 Å². The van der Waals surface area contributed by atoms with Crippen LogP contribution in [0.4, 0.5) is 5.69 Å². The van der Waals surface area contributed by atoms with E-state index in [1.807, 2.05) is 59.1 Å². The maximum Gasteiger partial charge on any atom is 0.293 e. The monoisotopic (exact) mass is 810 g/mol. The summed E-state index contributed by atoms with van der Waals surface area (Å²) in [6.07, 6.45) is 5.19. The molecule has 304 valence electrons. The van der Waals surface area contributed by atoms with Crippen molar-refractivity contribution < 1.29 is 18.9 Å². The fourth-order valence-electron chi connectivity index (χ4n) is 7.91. The van der Waals surface area contributed by atoms with Gasteiger partial charge in [-0.3, -0.25) is 34.7 Å². The number of amides is 3. The van der Waals surface area contributed by atoms with Crippen molar-refractivity contribution in [3.8, 4) is 22.5 Å². The molecule has 0 radical (unpaired) electrons. The van der Waals surface area contributed by atoms with E-state index in [-0.39, 0.29) is 34.6 Å². The molecule has 0 saturated carbocycles. The topological polar surface area (TPSA) is 175 Å². The molecular weight excluding hydrogens is 761 g/mol. The Balaban J connectivity index is 0.862. The Morgan fingerprint density at radius 2 is 1.78 bits per heavy atom. The molecule has 2 atom stereocenters. The second-order valence-electron chi connectivity index (χ2n) is 16.7. The molecule has 59 heavy (non-hydrogen) atoms. The predicted molar refractivity (Wildman–Crippen MR) is 229 cm³/mol. The van der Waals surface area contributed by atoms with Crippen molar-refractivity contribution in [1.82, 2.24) is 45.8 Å². The average molecular weight is 811 g/mol. The van der Waals surface area contributed by atoms with E-state index in [2.05, 4.69) is 94.3 Å². The zero-order valence-corrected chi connectivity index (χ0v) is 35.6. The van der Waals surface area contributed by atoms with E-state index in [1.54, 1.807) is 0 Å². The number of carbonyl (C=O) groups excluding carboxylic acids is 3. The first-order valence-electron chi connectivity index (χ1n) is 20.4. The summed E-state index contributed by atoms with van der Waals surface area (Å²) in [5.74, 6) is -0.226. The van der Waals surface area contributed by atoms with E-state index in [4.69, 9.17) is 9.51 Å². The molecule has 0 aliphatic carbocycles. The Bertz CT molecular complexity index is 2480. The summed E-state index contributed by atoms with van der Waals surface area (Å²) in [4.78, 5) is 55.9. The molecule has 0 spiro atoms. The molecule has 8 rings (SSSR count). The minimum atomic E-state index is -0.673. The molecule has 15 heteroatoms. The summed E-state index contributed by atoms with van der Waals surface area (Å²) in [6.45, 7) is 14.6. The van der Waals surface area contributed by atoms with Crippen LogP contribution in [0.5, 0.6) is 0 Å². The fourth-order valence-corrected chi connectivity index (χ4v) is 9.82. The van der Waals surface area contributed by atoms with Gasteiger partial charge >= 0.3 is 0 Å². The maximum absolute atomic E-state index is 12.9. The van der Waals surface area contributed by atoms with Gasteiger partial charge in [0.15, 0.2) is 5.65 Å². The van der Waals surface area contributed by atoms with Crippen LogP contribution < -0.4 is 15.5 Å². The molecule has 14 nitrogen and oxygen atoms in total. The highest BCUT2D eigenvalue weighted by atomic mass is 28.2. The summed E-state index contributed by atoms with van der Waals surface area (Å²) >= 11 is 0. The summed E-state index contributed by atoms with van der Waals surface area (Å²) in [5.41, 5.74) is 9.06. The average Bonchev–Trinajstić information content (AvgIpc) is 3.87. The number of nitrogens with zero attached hydrogens (tertiary/aromatic N) is 7. The van der Waals surface area contributed by atoms with Gasteiger partial charge < -0.3 is 14.7 Å². The van der Waals surface area contributed by atoms with Crippen molar-refractivity contribution in [3.63, 3.8) is 0 Å². The van der Waals surface area contributed by atoms with Crippen LogP contribution in [0.15, 0.2) is 77.6 Å².